The maximum atomic E-state index is 5.68. The minimum atomic E-state index is 0.475. The number of ether oxygens (including phenoxy) is 1. The van der Waals surface area contributed by atoms with E-state index in [1.165, 1.54) is 18.4 Å². The Hall–Kier alpha value is -1.71. The van der Waals surface area contributed by atoms with Gasteiger partial charge >= 0.3 is 0 Å². The number of benzene rings is 1. The molecule has 0 bridgehead atoms. The van der Waals surface area contributed by atoms with Crippen molar-refractivity contribution in [2.24, 2.45) is 5.92 Å². The molecule has 24 heavy (non-hydrogen) atoms. The molecule has 3 rings (SSSR count). The predicted octanol–water partition coefficient (Wildman–Crippen LogP) is 5.32. The van der Waals surface area contributed by atoms with Gasteiger partial charge in [0.15, 0.2) is 0 Å². The molecule has 1 aromatic heterocycles. The standard InChI is InChI=1S/C20H23ClN2O/c1-24-14-16-4-6-17(7-5-16)19-12-22-20(23-13-19)18-8-2-15(3-9-18)10-11-21/h4-7,10-13,15,18H,2-3,8-9,14H2,1H3/b11-10+. The van der Waals surface area contributed by atoms with Crippen molar-refractivity contribution in [1.82, 2.24) is 9.97 Å². The summed E-state index contributed by atoms with van der Waals surface area (Å²) < 4.78 is 5.14. The van der Waals surface area contributed by atoms with Crippen molar-refractivity contribution in [2.45, 2.75) is 38.2 Å². The van der Waals surface area contributed by atoms with Crippen LogP contribution in [0, 0.1) is 5.92 Å². The van der Waals surface area contributed by atoms with Gasteiger partial charge in [0.05, 0.1) is 6.61 Å². The zero-order chi connectivity index (χ0) is 16.8. The van der Waals surface area contributed by atoms with Gasteiger partial charge in [0.2, 0.25) is 0 Å². The van der Waals surface area contributed by atoms with Crippen LogP contribution in [0.5, 0.6) is 0 Å². The molecule has 126 valence electrons. The first-order chi connectivity index (χ1) is 11.8. The molecule has 1 saturated carbocycles. The van der Waals surface area contributed by atoms with Gasteiger partial charge in [-0.15, -0.1) is 0 Å². The number of allylic oxidation sites excluding steroid dienone is 1. The number of hydrogen-bond donors (Lipinski definition) is 0. The van der Waals surface area contributed by atoms with Gasteiger partial charge in [0, 0.05) is 36.5 Å². The summed E-state index contributed by atoms with van der Waals surface area (Å²) in [6.45, 7) is 0.636. The SMILES string of the molecule is COCc1ccc(-c2cnc(C3CCC(/C=C/Cl)CC3)nc2)cc1. The molecule has 0 saturated heterocycles. The average Bonchev–Trinajstić information content (AvgIpc) is 2.64. The smallest absolute Gasteiger partial charge is 0.131 e. The molecule has 3 nitrogen and oxygen atoms in total. The first-order valence-electron chi connectivity index (χ1n) is 8.47. The topological polar surface area (TPSA) is 35.0 Å². The fourth-order valence-corrected chi connectivity index (χ4v) is 3.54. The molecule has 1 aliphatic carbocycles. The van der Waals surface area contributed by atoms with Crippen molar-refractivity contribution in [3.8, 4) is 11.1 Å². The summed E-state index contributed by atoms with van der Waals surface area (Å²) in [5, 5.41) is 0. The summed E-state index contributed by atoms with van der Waals surface area (Å²) in [7, 11) is 1.71. The molecular weight excluding hydrogens is 320 g/mol. The first kappa shape index (κ1) is 17.1. The number of halogens is 1. The van der Waals surface area contributed by atoms with Crippen molar-refractivity contribution in [2.75, 3.05) is 7.11 Å². The zero-order valence-electron chi connectivity index (χ0n) is 14.0. The van der Waals surface area contributed by atoms with Gasteiger partial charge in [-0.25, -0.2) is 9.97 Å². The van der Waals surface area contributed by atoms with Gasteiger partial charge in [-0.05, 0) is 42.7 Å². The Kier molecular flexibility index (Phi) is 6.00. The molecule has 1 aromatic carbocycles. The molecule has 0 atom stereocenters. The van der Waals surface area contributed by atoms with Gasteiger partial charge in [-0.3, -0.25) is 0 Å². The van der Waals surface area contributed by atoms with E-state index in [1.54, 1.807) is 12.6 Å². The summed E-state index contributed by atoms with van der Waals surface area (Å²) in [6, 6.07) is 8.35. The van der Waals surface area contributed by atoms with Crippen LogP contribution in [0.25, 0.3) is 11.1 Å². The molecule has 0 radical (unpaired) electrons. The lowest BCUT2D eigenvalue weighted by Crippen LogP contribution is -2.13. The highest BCUT2D eigenvalue weighted by atomic mass is 35.5. The molecule has 1 heterocycles. The zero-order valence-corrected chi connectivity index (χ0v) is 14.7. The third-order valence-electron chi connectivity index (χ3n) is 4.75. The number of rotatable bonds is 5. The highest BCUT2D eigenvalue weighted by molar-refractivity contribution is 6.25. The Morgan fingerprint density at radius 2 is 1.71 bits per heavy atom. The van der Waals surface area contributed by atoms with Crippen molar-refractivity contribution < 1.29 is 4.74 Å². The van der Waals surface area contributed by atoms with Crippen LogP contribution >= 0.6 is 11.6 Å². The molecule has 2 aromatic rings. The second-order valence-corrected chi connectivity index (χ2v) is 6.64. The largest absolute Gasteiger partial charge is 0.380 e. The summed E-state index contributed by atoms with van der Waals surface area (Å²) in [5.41, 5.74) is 5.01. The van der Waals surface area contributed by atoms with Crippen molar-refractivity contribution in [3.63, 3.8) is 0 Å². The molecule has 0 amide bonds. The van der Waals surface area contributed by atoms with Crippen molar-refractivity contribution in [3.05, 3.63) is 59.7 Å². The van der Waals surface area contributed by atoms with E-state index in [0.717, 1.165) is 29.8 Å². The second-order valence-electron chi connectivity index (χ2n) is 6.39. The van der Waals surface area contributed by atoms with E-state index in [0.29, 0.717) is 18.4 Å². The Labute approximate surface area is 148 Å². The third-order valence-corrected chi connectivity index (χ3v) is 4.90. The van der Waals surface area contributed by atoms with Crippen LogP contribution in [0.1, 0.15) is 43.0 Å². The summed E-state index contributed by atoms with van der Waals surface area (Å²) in [6.07, 6.45) is 10.6. The monoisotopic (exact) mass is 342 g/mol. The number of nitrogens with zero attached hydrogens (tertiary/aromatic N) is 2. The van der Waals surface area contributed by atoms with Crippen LogP contribution < -0.4 is 0 Å². The molecule has 1 aliphatic rings. The number of hydrogen-bond acceptors (Lipinski definition) is 3. The van der Waals surface area contributed by atoms with Gasteiger partial charge in [-0.2, -0.15) is 0 Å². The number of aromatic nitrogens is 2. The summed E-state index contributed by atoms with van der Waals surface area (Å²) in [5.74, 6) is 2.06. The minimum Gasteiger partial charge on any atom is -0.380 e. The molecule has 0 aliphatic heterocycles. The Balaban J connectivity index is 1.65. The van der Waals surface area contributed by atoms with Crippen molar-refractivity contribution in [1.29, 1.82) is 0 Å². The Morgan fingerprint density at radius 3 is 2.29 bits per heavy atom. The molecule has 0 spiro atoms. The van der Waals surface area contributed by atoms with E-state index < -0.39 is 0 Å². The van der Waals surface area contributed by atoms with Crippen LogP contribution in [0.15, 0.2) is 48.3 Å². The van der Waals surface area contributed by atoms with E-state index in [-0.39, 0.29) is 0 Å². The molecule has 1 fully saturated rings. The molecular formula is C20H23ClN2O. The van der Waals surface area contributed by atoms with Crippen LogP contribution in [-0.4, -0.2) is 17.1 Å². The average molecular weight is 343 g/mol. The third kappa shape index (κ3) is 4.22. The normalized spacial score (nSPS) is 21.2. The van der Waals surface area contributed by atoms with Crippen LogP contribution in [0.4, 0.5) is 0 Å². The van der Waals surface area contributed by atoms with Crippen molar-refractivity contribution >= 4 is 11.6 Å². The van der Waals surface area contributed by atoms with E-state index in [2.05, 4.69) is 40.3 Å². The lowest BCUT2D eigenvalue weighted by molar-refractivity contribution is 0.185. The maximum absolute atomic E-state index is 5.68. The van der Waals surface area contributed by atoms with Crippen LogP contribution in [0.2, 0.25) is 0 Å². The fraction of sp³-hybridized carbons (Fsp3) is 0.400. The molecule has 4 heteroatoms. The van der Waals surface area contributed by atoms with Gasteiger partial charge < -0.3 is 4.74 Å². The van der Waals surface area contributed by atoms with Gasteiger partial charge in [0.1, 0.15) is 5.82 Å². The Morgan fingerprint density at radius 1 is 1.04 bits per heavy atom. The summed E-state index contributed by atoms with van der Waals surface area (Å²) >= 11 is 5.68. The second kappa shape index (κ2) is 8.41. The number of methoxy groups -OCH3 is 1. The highest BCUT2D eigenvalue weighted by Crippen LogP contribution is 2.35. The van der Waals surface area contributed by atoms with Crippen LogP contribution in [-0.2, 0) is 11.3 Å². The van der Waals surface area contributed by atoms with E-state index in [1.807, 2.05) is 12.4 Å². The van der Waals surface area contributed by atoms with E-state index >= 15 is 0 Å². The summed E-state index contributed by atoms with van der Waals surface area (Å²) in [4.78, 5) is 9.26. The lowest BCUT2D eigenvalue weighted by atomic mass is 9.81. The predicted molar refractivity (Wildman–Crippen MR) is 97.9 cm³/mol. The van der Waals surface area contributed by atoms with Gasteiger partial charge in [0.25, 0.3) is 0 Å². The lowest BCUT2D eigenvalue weighted by Gasteiger charge is -2.25. The first-order valence-corrected chi connectivity index (χ1v) is 8.91. The Bertz CT molecular complexity index is 659. The van der Waals surface area contributed by atoms with E-state index in [9.17, 15) is 0 Å². The molecule has 0 unspecified atom stereocenters. The van der Waals surface area contributed by atoms with Gasteiger partial charge in [-0.1, -0.05) is 41.9 Å². The minimum absolute atomic E-state index is 0.475. The van der Waals surface area contributed by atoms with E-state index in [4.69, 9.17) is 16.3 Å². The molecule has 0 N–H and O–H groups in total. The quantitative estimate of drug-likeness (QED) is 0.738. The maximum Gasteiger partial charge on any atom is 0.131 e. The van der Waals surface area contributed by atoms with Crippen LogP contribution in [0.3, 0.4) is 0 Å². The fourth-order valence-electron chi connectivity index (χ4n) is 3.33. The highest BCUT2D eigenvalue weighted by Gasteiger charge is 2.22.